The molecule has 5 heteroatoms. The average Bonchev–Trinajstić information content (AvgIpc) is 2.94. The number of aromatic nitrogens is 3. The molecular formula is C15H16N4O. The summed E-state index contributed by atoms with van der Waals surface area (Å²) in [5.74, 6) is 5.63. The minimum Gasteiger partial charge on any atom is -0.364 e. The van der Waals surface area contributed by atoms with E-state index in [0.717, 1.165) is 30.4 Å². The number of benzene rings is 1. The van der Waals surface area contributed by atoms with E-state index in [4.69, 9.17) is 5.73 Å². The molecule has 1 amide bonds. The van der Waals surface area contributed by atoms with Crippen LogP contribution in [0.15, 0.2) is 24.3 Å². The van der Waals surface area contributed by atoms with Crippen LogP contribution in [0.25, 0.3) is 11.3 Å². The van der Waals surface area contributed by atoms with Crippen molar-refractivity contribution in [3.8, 4) is 23.1 Å². The Morgan fingerprint density at radius 1 is 1.30 bits per heavy atom. The number of rotatable bonds is 4. The molecule has 0 fully saturated rings. The quantitative estimate of drug-likeness (QED) is 0.658. The molecule has 5 nitrogen and oxygen atoms in total. The third-order valence-electron chi connectivity index (χ3n) is 2.83. The first kappa shape index (κ1) is 13.8. The van der Waals surface area contributed by atoms with Crippen LogP contribution in [-0.4, -0.2) is 21.3 Å². The van der Waals surface area contributed by atoms with E-state index in [1.54, 1.807) is 0 Å². The minimum absolute atomic E-state index is 0.145. The molecule has 1 aromatic heterocycles. The second-order valence-electron chi connectivity index (χ2n) is 4.37. The van der Waals surface area contributed by atoms with Crippen LogP contribution in [-0.2, 0) is 0 Å². The van der Waals surface area contributed by atoms with Crippen molar-refractivity contribution in [2.75, 3.05) is 0 Å². The fourth-order valence-corrected chi connectivity index (χ4v) is 1.75. The number of nitrogens with zero attached hydrogens (tertiary/aromatic N) is 2. The monoisotopic (exact) mass is 268 g/mol. The summed E-state index contributed by atoms with van der Waals surface area (Å²) in [6, 6.07) is 7.50. The van der Waals surface area contributed by atoms with E-state index in [1.807, 2.05) is 24.3 Å². The Morgan fingerprint density at radius 2 is 2.05 bits per heavy atom. The molecule has 0 aliphatic carbocycles. The third kappa shape index (κ3) is 3.23. The number of unbranched alkanes of at least 4 members (excludes halogenated alkanes) is 2. The number of hydrogen-bond acceptors (Lipinski definition) is 3. The molecule has 2 rings (SSSR count). The van der Waals surface area contributed by atoms with Gasteiger partial charge in [-0.15, -0.1) is 0 Å². The van der Waals surface area contributed by atoms with E-state index >= 15 is 0 Å². The Labute approximate surface area is 117 Å². The molecule has 0 saturated carbocycles. The highest BCUT2D eigenvalue weighted by Crippen LogP contribution is 2.19. The molecule has 1 aromatic carbocycles. The SMILES string of the molecule is CCCCC#Cc1ccc(-c2n[nH]nc2C(N)=O)cc1. The van der Waals surface area contributed by atoms with Gasteiger partial charge in [0.05, 0.1) is 0 Å². The molecule has 3 N–H and O–H groups in total. The van der Waals surface area contributed by atoms with Gasteiger partial charge < -0.3 is 5.73 Å². The van der Waals surface area contributed by atoms with Gasteiger partial charge >= 0.3 is 0 Å². The number of hydrogen-bond donors (Lipinski definition) is 2. The first-order chi connectivity index (χ1) is 9.72. The van der Waals surface area contributed by atoms with Gasteiger partial charge in [-0.1, -0.05) is 37.3 Å². The second kappa shape index (κ2) is 6.53. The van der Waals surface area contributed by atoms with Crippen LogP contribution < -0.4 is 5.73 Å². The highest BCUT2D eigenvalue weighted by molar-refractivity contribution is 5.96. The van der Waals surface area contributed by atoms with E-state index in [-0.39, 0.29) is 5.69 Å². The number of amides is 1. The second-order valence-corrected chi connectivity index (χ2v) is 4.37. The molecule has 102 valence electrons. The van der Waals surface area contributed by atoms with E-state index < -0.39 is 5.91 Å². The normalized spacial score (nSPS) is 9.85. The highest BCUT2D eigenvalue weighted by atomic mass is 16.1. The minimum atomic E-state index is -0.600. The first-order valence-electron chi connectivity index (χ1n) is 6.52. The first-order valence-corrected chi connectivity index (χ1v) is 6.52. The molecule has 0 bridgehead atoms. The molecule has 2 aromatic rings. The van der Waals surface area contributed by atoms with Crippen molar-refractivity contribution in [3.05, 3.63) is 35.5 Å². The lowest BCUT2D eigenvalue weighted by Crippen LogP contribution is -2.12. The summed E-state index contributed by atoms with van der Waals surface area (Å²) >= 11 is 0. The maximum atomic E-state index is 11.2. The van der Waals surface area contributed by atoms with Crippen LogP contribution in [0, 0.1) is 11.8 Å². The van der Waals surface area contributed by atoms with Crippen molar-refractivity contribution in [1.82, 2.24) is 15.4 Å². The van der Waals surface area contributed by atoms with Crippen molar-refractivity contribution >= 4 is 5.91 Å². The Hall–Kier alpha value is -2.61. The topological polar surface area (TPSA) is 84.7 Å². The average molecular weight is 268 g/mol. The fraction of sp³-hybridized carbons (Fsp3) is 0.267. The standard InChI is InChI=1S/C15H16N4O/c1-2-3-4-5-6-11-7-9-12(10-8-11)13-14(15(16)20)18-19-17-13/h7-10H,2-4H2,1H3,(H2,16,20)(H,17,18,19). The van der Waals surface area contributed by atoms with Crippen LogP contribution in [0.4, 0.5) is 0 Å². The van der Waals surface area contributed by atoms with Gasteiger partial charge in [0.2, 0.25) is 0 Å². The number of nitrogens with two attached hydrogens (primary N) is 1. The summed E-state index contributed by atoms with van der Waals surface area (Å²) in [7, 11) is 0. The van der Waals surface area contributed by atoms with E-state index in [1.165, 1.54) is 0 Å². The van der Waals surface area contributed by atoms with Gasteiger partial charge in [0.25, 0.3) is 5.91 Å². The summed E-state index contributed by atoms with van der Waals surface area (Å²) in [5.41, 5.74) is 7.57. The zero-order valence-electron chi connectivity index (χ0n) is 11.3. The van der Waals surface area contributed by atoms with E-state index in [0.29, 0.717) is 5.69 Å². The van der Waals surface area contributed by atoms with Gasteiger partial charge in [-0.25, -0.2) is 0 Å². The molecule has 20 heavy (non-hydrogen) atoms. The molecule has 0 spiro atoms. The zero-order valence-corrected chi connectivity index (χ0v) is 11.3. The Balaban J connectivity index is 2.17. The van der Waals surface area contributed by atoms with Crippen LogP contribution in [0.1, 0.15) is 42.2 Å². The van der Waals surface area contributed by atoms with Crippen molar-refractivity contribution in [1.29, 1.82) is 0 Å². The van der Waals surface area contributed by atoms with Crippen LogP contribution >= 0.6 is 0 Å². The summed E-state index contributed by atoms with van der Waals surface area (Å²) in [6.07, 6.45) is 3.18. The number of nitrogens with one attached hydrogen (secondary N) is 1. The van der Waals surface area contributed by atoms with Gasteiger partial charge in [-0.3, -0.25) is 4.79 Å². The number of carbonyl (C=O) groups excluding carboxylic acids is 1. The summed E-state index contributed by atoms with van der Waals surface area (Å²) in [6.45, 7) is 2.14. The lowest BCUT2D eigenvalue weighted by atomic mass is 10.1. The highest BCUT2D eigenvalue weighted by Gasteiger charge is 2.14. The largest absolute Gasteiger partial charge is 0.364 e. The molecule has 0 aliphatic heterocycles. The maximum absolute atomic E-state index is 11.2. The number of primary amides is 1. The van der Waals surface area contributed by atoms with E-state index in [2.05, 4.69) is 34.2 Å². The lowest BCUT2D eigenvalue weighted by molar-refractivity contribution is 0.0996. The van der Waals surface area contributed by atoms with Crippen LogP contribution in [0.3, 0.4) is 0 Å². The number of carbonyl (C=O) groups is 1. The predicted molar refractivity (Wildman–Crippen MR) is 76.7 cm³/mol. The summed E-state index contributed by atoms with van der Waals surface area (Å²) < 4.78 is 0. The van der Waals surface area contributed by atoms with Gasteiger partial charge in [-0.2, -0.15) is 15.4 Å². The Morgan fingerprint density at radius 3 is 2.70 bits per heavy atom. The molecule has 0 aliphatic rings. The van der Waals surface area contributed by atoms with E-state index in [9.17, 15) is 4.79 Å². The Bertz CT molecular complexity index is 647. The van der Waals surface area contributed by atoms with Crippen molar-refractivity contribution in [3.63, 3.8) is 0 Å². The van der Waals surface area contributed by atoms with Gasteiger partial charge in [0.15, 0.2) is 5.69 Å². The van der Waals surface area contributed by atoms with Crippen molar-refractivity contribution < 1.29 is 4.79 Å². The van der Waals surface area contributed by atoms with Crippen molar-refractivity contribution in [2.24, 2.45) is 5.73 Å². The molecule has 0 unspecified atom stereocenters. The summed E-state index contributed by atoms with van der Waals surface area (Å²) in [5, 5.41) is 10.1. The molecule has 0 saturated heterocycles. The molecule has 0 radical (unpaired) electrons. The lowest BCUT2D eigenvalue weighted by Gasteiger charge is -1.98. The molecular weight excluding hydrogens is 252 g/mol. The molecule has 0 atom stereocenters. The maximum Gasteiger partial charge on any atom is 0.271 e. The Kier molecular flexibility index (Phi) is 4.51. The predicted octanol–water partition coefficient (Wildman–Crippen LogP) is 2.11. The third-order valence-corrected chi connectivity index (χ3v) is 2.83. The van der Waals surface area contributed by atoms with Crippen LogP contribution in [0.2, 0.25) is 0 Å². The summed E-state index contributed by atoms with van der Waals surface area (Å²) in [4.78, 5) is 11.2. The van der Waals surface area contributed by atoms with Gasteiger partial charge in [0, 0.05) is 17.5 Å². The zero-order chi connectivity index (χ0) is 14.4. The molecule has 1 heterocycles. The van der Waals surface area contributed by atoms with Gasteiger partial charge in [0.1, 0.15) is 5.69 Å². The van der Waals surface area contributed by atoms with Gasteiger partial charge in [-0.05, 0) is 18.6 Å². The van der Waals surface area contributed by atoms with Crippen LogP contribution in [0.5, 0.6) is 0 Å². The fourth-order valence-electron chi connectivity index (χ4n) is 1.75. The smallest absolute Gasteiger partial charge is 0.271 e. The van der Waals surface area contributed by atoms with Crippen molar-refractivity contribution in [2.45, 2.75) is 26.2 Å². The number of H-pyrrole nitrogens is 1. The number of aromatic amines is 1.